The van der Waals surface area contributed by atoms with Gasteiger partial charge in [0, 0.05) is 18.0 Å². The van der Waals surface area contributed by atoms with E-state index in [4.69, 9.17) is 5.73 Å². The van der Waals surface area contributed by atoms with Gasteiger partial charge in [0.15, 0.2) is 0 Å². The third-order valence-electron chi connectivity index (χ3n) is 2.83. The molecule has 1 heterocycles. The Morgan fingerprint density at radius 2 is 2.33 bits per heavy atom. The molecule has 0 amide bonds. The maximum atomic E-state index is 5.80. The lowest BCUT2D eigenvalue weighted by molar-refractivity contribution is 0.385. The largest absolute Gasteiger partial charge is 0.327 e. The van der Waals surface area contributed by atoms with Crippen molar-refractivity contribution < 1.29 is 0 Å². The average Bonchev–Trinajstić information content (AvgIpc) is 2.17. The van der Waals surface area contributed by atoms with E-state index in [0.717, 1.165) is 0 Å². The fourth-order valence-corrected chi connectivity index (χ4v) is 1.96. The first-order chi connectivity index (χ1) is 4.23. The van der Waals surface area contributed by atoms with Gasteiger partial charge in [-0.2, -0.15) is 0 Å². The molecular formula is C7H14N2. The molecule has 1 aliphatic heterocycles. The van der Waals surface area contributed by atoms with E-state index in [1.807, 2.05) is 0 Å². The van der Waals surface area contributed by atoms with Crippen molar-refractivity contribution in [2.24, 2.45) is 11.1 Å². The van der Waals surface area contributed by atoms with Gasteiger partial charge in [0.2, 0.25) is 0 Å². The highest BCUT2D eigenvalue weighted by atomic mass is 15.2. The van der Waals surface area contributed by atoms with Gasteiger partial charge in [-0.1, -0.05) is 0 Å². The SMILES string of the molecule is CN1CC[C@@]2(C[C@H]2N)C1. The van der Waals surface area contributed by atoms with Crippen LogP contribution in [0.4, 0.5) is 0 Å². The van der Waals surface area contributed by atoms with Gasteiger partial charge in [0.25, 0.3) is 0 Å². The van der Waals surface area contributed by atoms with Crippen LogP contribution in [0.1, 0.15) is 12.8 Å². The van der Waals surface area contributed by atoms with Gasteiger partial charge in [-0.3, -0.25) is 0 Å². The van der Waals surface area contributed by atoms with Crippen LogP contribution in [-0.4, -0.2) is 31.1 Å². The number of likely N-dealkylation sites (tertiary alicyclic amines) is 1. The van der Waals surface area contributed by atoms with E-state index in [9.17, 15) is 0 Å². The standard InChI is InChI=1S/C7H14N2/c1-9-3-2-7(5-9)4-6(7)8/h6H,2-5,8H2,1H3/t6-,7-/m1/s1. The zero-order valence-corrected chi connectivity index (χ0v) is 5.93. The fraction of sp³-hybridized carbons (Fsp3) is 1.00. The zero-order chi connectivity index (χ0) is 6.48. The highest BCUT2D eigenvalue weighted by molar-refractivity contribution is 5.10. The van der Waals surface area contributed by atoms with Crippen molar-refractivity contribution in [2.45, 2.75) is 18.9 Å². The number of hydrogen-bond acceptors (Lipinski definition) is 2. The first-order valence-electron chi connectivity index (χ1n) is 3.67. The van der Waals surface area contributed by atoms with Crippen LogP contribution in [-0.2, 0) is 0 Å². The molecule has 2 rings (SSSR count). The predicted octanol–water partition coefficient (Wildman–Crippen LogP) is 0.0393. The van der Waals surface area contributed by atoms with Crippen LogP contribution >= 0.6 is 0 Å². The van der Waals surface area contributed by atoms with E-state index in [2.05, 4.69) is 11.9 Å². The Morgan fingerprint density at radius 3 is 2.56 bits per heavy atom. The van der Waals surface area contributed by atoms with Gasteiger partial charge in [-0.25, -0.2) is 0 Å². The lowest BCUT2D eigenvalue weighted by atomic mass is 10.1. The topological polar surface area (TPSA) is 29.3 Å². The van der Waals surface area contributed by atoms with Gasteiger partial charge in [-0.15, -0.1) is 0 Å². The van der Waals surface area contributed by atoms with Crippen molar-refractivity contribution in [3.8, 4) is 0 Å². The molecule has 1 spiro atoms. The van der Waals surface area contributed by atoms with Crippen molar-refractivity contribution in [3.05, 3.63) is 0 Å². The lowest BCUT2D eigenvalue weighted by Crippen LogP contribution is -2.19. The van der Waals surface area contributed by atoms with Crippen LogP contribution in [0.3, 0.4) is 0 Å². The van der Waals surface area contributed by atoms with E-state index < -0.39 is 0 Å². The smallest absolute Gasteiger partial charge is 0.0115 e. The minimum atomic E-state index is 0.530. The first-order valence-corrected chi connectivity index (χ1v) is 3.67. The summed E-state index contributed by atoms with van der Waals surface area (Å²) in [4.78, 5) is 2.38. The second kappa shape index (κ2) is 1.50. The summed E-state index contributed by atoms with van der Waals surface area (Å²) < 4.78 is 0. The van der Waals surface area contributed by atoms with Crippen LogP contribution in [0.25, 0.3) is 0 Å². The van der Waals surface area contributed by atoms with Gasteiger partial charge < -0.3 is 10.6 Å². The Bertz CT molecular complexity index is 133. The van der Waals surface area contributed by atoms with E-state index in [1.54, 1.807) is 0 Å². The van der Waals surface area contributed by atoms with Crippen molar-refractivity contribution >= 4 is 0 Å². The van der Waals surface area contributed by atoms with Crippen molar-refractivity contribution in [1.29, 1.82) is 0 Å². The minimum absolute atomic E-state index is 0.530. The predicted molar refractivity (Wildman–Crippen MR) is 37.1 cm³/mol. The van der Waals surface area contributed by atoms with Crippen molar-refractivity contribution in [3.63, 3.8) is 0 Å². The maximum absolute atomic E-state index is 5.80. The Hall–Kier alpha value is -0.0800. The molecule has 2 fully saturated rings. The second-order valence-electron chi connectivity index (χ2n) is 3.66. The lowest BCUT2D eigenvalue weighted by Gasteiger charge is -2.06. The number of nitrogens with zero attached hydrogens (tertiary/aromatic N) is 1. The molecule has 9 heavy (non-hydrogen) atoms. The normalized spacial score (nSPS) is 50.7. The monoisotopic (exact) mass is 126 g/mol. The van der Waals surface area contributed by atoms with E-state index in [0.29, 0.717) is 11.5 Å². The molecule has 0 radical (unpaired) electrons. The molecule has 0 aromatic rings. The van der Waals surface area contributed by atoms with Gasteiger partial charge in [0.1, 0.15) is 0 Å². The summed E-state index contributed by atoms with van der Waals surface area (Å²) in [6.45, 7) is 2.50. The van der Waals surface area contributed by atoms with E-state index in [1.165, 1.54) is 25.9 Å². The molecule has 2 heteroatoms. The molecular weight excluding hydrogens is 112 g/mol. The number of hydrogen-bond donors (Lipinski definition) is 1. The summed E-state index contributed by atoms with van der Waals surface area (Å²) in [6, 6.07) is 0.530. The molecule has 2 N–H and O–H groups in total. The fourth-order valence-electron chi connectivity index (χ4n) is 1.96. The molecule has 2 nitrogen and oxygen atoms in total. The molecule has 2 aliphatic rings. The van der Waals surface area contributed by atoms with E-state index in [-0.39, 0.29) is 0 Å². The molecule has 0 aromatic heterocycles. The average molecular weight is 126 g/mol. The van der Waals surface area contributed by atoms with Gasteiger partial charge >= 0.3 is 0 Å². The summed E-state index contributed by atoms with van der Waals surface area (Å²) in [5.41, 5.74) is 6.38. The molecule has 1 saturated heterocycles. The Morgan fingerprint density at radius 1 is 1.67 bits per heavy atom. The maximum Gasteiger partial charge on any atom is 0.0115 e. The highest BCUT2D eigenvalue weighted by Crippen LogP contribution is 2.50. The third kappa shape index (κ3) is 0.700. The molecule has 2 atom stereocenters. The molecule has 0 unspecified atom stereocenters. The first kappa shape index (κ1) is 5.69. The number of rotatable bonds is 0. The summed E-state index contributed by atoms with van der Waals surface area (Å²) in [5, 5.41) is 0. The minimum Gasteiger partial charge on any atom is -0.327 e. The van der Waals surface area contributed by atoms with Gasteiger partial charge in [0.05, 0.1) is 0 Å². The van der Waals surface area contributed by atoms with Crippen molar-refractivity contribution in [2.75, 3.05) is 20.1 Å². The van der Waals surface area contributed by atoms with Crippen LogP contribution in [0.2, 0.25) is 0 Å². The molecule has 0 aromatic carbocycles. The second-order valence-corrected chi connectivity index (χ2v) is 3.66. The zero-order valence-electron chi connectivity index (χ0n) is 5.93. The quantitative estimate of drug-likeness (QED) is 0.496. The Kier molecular flexibility index (Phi) is 0.945. The van der Waals surface area contributed by atoms with Crippen LogP contribution < -0.4 is 5.73 Å². The van der Waals surface area contributed by atoms with Crippen LogP contribution in [0, 0.1) is 5.41 Å². The summed E-state index contributed by atoms with van der Waals surface area (Å²) in [6.07, 6.45) is 2.61. The van der Waals surface area contributed by atoms with Crippen LogP contribution in [0.15, 0.2) is 0 Å². The molecule has 1 aliphatic carbocycles. The summed E-state index contributed by atoms with van der Waals surface area (Å²) in [5.74, 6) is 0. The Balaban J connectivity index is 2.03. The number of nitrogens with two attached hydrogens (primary N) is 1. The third-order valence-corrected chi connectivity index (χ3v) is 2.83. The van der Waals surface area contributed by atoms with Crippen molar-refractivity contribution in [1.82, 2.24) is 4.90 Å². The summed E-state index contributed by atoms with van der Waals surface area (Å²) >= 11 is 0. The highest BCUT2D eigenvalue weighted by Gasteiger charge is 2.54. The van der Waals surface area contributed by atoms with E-state index >= 15 is 0 Å². The molecule has 52 valence electrons. The van der Waals surface area contributed by atoms with Crippen LogP contribution in [0.5, 0.6) is 0 Å². The Labute approximate surface area is 56.0 Å². The van der Waals surface area contributed by atoms with Gasteiger partial charge in [-0.05, 0) is 26.4 Å². The summed E-state index contributed by atoms with van der Waals surface area (Å²) in [7, 11) is 2.18. The molecule has 1 saturated carbocycles. The molecule has 0 bridgehead atoms.